The summed E-state index contributed by atoms with van der Waals surface area (Å²) in [6.45, 7) is 19.2. The molecule has 0 aromatic carbocycles. The van der Waals surface area contributed by atoms with Gasteiger partial charge in [-0.2, -0.15) is 0 Å². The summed E-state index contributed by atoms with van der Waals surface area (Å²) in [7, 11) is 0. The van der Waals surface area contributed by atoms with Gasteiger partial charge in [-0.3, -0.25) is 14.5 Å². The van der Waals surface area contributed by atoms with E-state index in [1.54, 1.807) is 11.3 Å². The number of unbranched alkanes of at least 4 members (excludes halogenated alkanes) is 8. The molecule has 2 amide bonds. The fraction of sp³-hybridized carbons (Fsp3) is 0.902. The van der Waals surface area contributed by atoms with E-state index < -0.39 is 6.04 Å². The third-order valence-electron chi connectivity index (χ3n) is 11.5. The van der Waals surface area contributed by atoms with Crippen LogP contribution in [0.4, 0.5) is 0 Å². The number of piperazine rings is 1. The topological polar surface area (TPSA) is 81.9 Å². The van der Waals surface area contributed by atoms with Gasteiger partial charge in [0.05, 0.1) is 0 Å². The molecule has 0 aromatic rings. The highest BCUT2D eigenvalue weighted by atomic mass is 16.2. The first-order valence-corrected chi connectivity index (χ1v) is 20.6. The van der Waals surface area contributed by atoms with Gasteiger partial charge in [0, 0.05) is 51.4 Å². The normalized spacial score (nSPS) is 19.0. The molecule has 3 N–H and O–H groups in total. The lowest BCUT2D eigenvalue weighted by Gasteiger charge is -2.37. The Hall–Kier alpha value is -1.60. The minimum absolute atomic E-state index is 0.0271. The number of likely N-dealkylation sites (tertiary alicyclic amines) is 1. The SMILES string of the molecule is CCCCCC(CN)(CCC)CCCCCC(=C1CC1)N1CCN(CCCCCCCC(=O)N[C@H](C(=O)N2CCCC2)C(C)(C)C)CC1. The third-order valence-corrected chi connectivity index (χ3v) is 11.5. The number of hydrogen-bond donors (Lipinski definition) is 2. The van der Waals surface area contributed by atoms with E-state index in [0.29, 0.717) is 11.8 Å². The van der Waals surface area contributed by atoms with Gasteiger partial charge < -0.3 is 20.9 Å². The standard InChI is InChI=1S/C41H77N5O2/c1-6-8-15-25-41(34-42,24-7-2)26-16-12-13-20-36(35-22-23-35)45-32-30-44(31-33-45)27-17-11-9-10-14-21-37(47)43-38(40(3,4)5)39(48)46-28-18-19-29-46/h38H,6-34,42H2,1-5H3,(H,43,47)/t38-,41?/m1/s1. The van der Waals surface area contributed by atoms with Gasteiger partial charge in [-0.15, -0.1) is 0 Å². The zero-order valence-electron chi connectivity index (χ0n) is 32.3. The molecule has 1 aliphatic carbocycles. The van der Waals surface area contributed by atoms with Crippen molar-refractivity contribution in [2.24, 2.45) is 16.6 Å². The quantitative estimate of drug-likeness (QED) is 0.101. The zero-order valence-corrected chi connectivity index (χ0v) is 32.3. The molecule has 2 saturated heterocycles. The number of carbonyl (C=O) groups is 2. The average Bonchev–Trinajstić information content (AvgIpc) is 3.75. The van der Waals surface area contributed by atoms with Gasteiger partial charge >= 0.3 is 0 Å². The van der Waals surface area contributed by atoms with E-state index in [4.69, 9.17) is 5.73 Å². The number of amides is 2. The van der Waals surface area contributed by atoms with Crippen LogP contribution in [0.5, 0.6) is 0 Å². The Morgan fingerprint density at radius 2 is 1.31 bits per heavy atom. The summed E-state index contributed by atoms with van der Waals surface area (Å²) in [6.07, 6.45) is 25.5. The Morgan fingerprint density at radius 3 is 1.92 bits per heavy atom. The molecule has 0 aromatic heterocycles. The number of rotatable bonds is 24. The molecule has 7 heteroatoms. The second-order valence-electron chi connectivity index (χ2n) is 16.8. The van der Waals surface area contributed by atoms with E-state index in [1.807, 2.05) is 25.7 Å². The van der Waals surface area contributed by atoms with Gasteiger partial charge in [-0.05, 0) is 94.5 Å². The van der Waals surface area contributed by atoms with Crippen LogP contribution < -0.4 is 11.1 Å². The van der Waals surface area contributed by atoms with Gasteiger partial charge in [0.15, 0.2) is 0 Å². The van der Waals surface area contributed by atoms with Gasteiger partial charge in [0.1, 0.15) is 6.04 Å². The Labute approximate surface area is 296 Å². The van der Waals surface area contributed by atoms with Crippen LogP contribution in [0, 0.1) is 10.8 Å². The number of carbonyl (C=O) groups excluding carboxylic acids is 2. The Morgan fingerprint density at radius 1 is 0.708 bits per heavy atom. The van der Waals surface area contributed by atoms with Crippen LogP contribution >= 0.6 is 0 Å². The summed E-state index contributed by atoms with van der Waals surface area (Å²) in [6, 6.07) is -0.433. The van der Waals surface area contributed by atoms with Gasteiger partial charge in [-0.1, -0.05) is 98.0 Å². The largest absolute Gasteiger partial charge is 0.372 e. The van der Waals surface area contributed by atoms with E-state index in [9.17, 15) is 9.59 Å². The van der Waals surface area contributed by atoms with Crippen LogP contribution in [-0.4, -0.2) is 84.9 Å². The van der Waals surface area contributed by atoms with Gasteiger partial charge in [0.2, 0.25) is 11.8 Å². The second-order valence-corrected chi connectivity index (χ2v) is 16.8. The molecule has 7 nitrogen and oxygen atoms in total. The number of allylic oxidation sites excluding steroid dienone is 2. The molecule has 1 saturated carbocycles. The molecule has 2 aliphatic heterocycles. The zero-order chi connectivity index (χ0) is 34.8. The summed E-state index contributed by atoms with van der Waals surface area (Å²) in [4.78, 5) is 33.1. The molecule has 0 bridgehead atoms. The summed E-state index contributed by atoms with van der Waals surface area (Å²) < 4.78 is 0. The fourth-order valence-corrected chi connectivity index (χ4v) is 8.23. The number of nitrogens with zero attached hydrogens (tertiary/aromatic N) is 3. The van der Waals surface area contributed by atoms with Crippen LogP contribution in [0.1, 0.15) is 169 Å². The molecule has 3 fully saturated rings. The Balaban J connectivity index is 1.25. The first kappa shape index (κ1) is 40.8. The van der Waals surface area contributed by atoms with Crippen LogP contribution in [0.3, 0.4) is 0 Å². The molecule has 3 aliphatic rings. The van der Waals surface area contributed by atoms with Crippen LogP contribution in [-0.2, 0) is 9.59 Å². The van der Waals surface area contributed by atoms with Crippen molar-refractivity contribution in [1.82, 2.24) is 20.0 Å². The first-order chi connectivity index (χ1) is 23.1. The smallest absolute Gasteiger partial charge is 0.245 e. The van der Waals surface area contributed by atoms with Crippen molar-refractivity contribution >= 4 is 11.8 Å². The van der Waals surface area contributed by atoms with Gasteiger partial charge in [-0.25, -0.2) is 0 Å². The minimum Gasteiger partial charge on any atom is -0.372 e. The van der Waals surface area contributed by atoms with Crippen molar-refractivity contribution in [3.05, 3.63) is 11.3 Å². The molecule has 2 atom stereocenters. The lowest BCUT2D eigenvalue weighted by atomic mass is 9.74. The maximum Gasteiger partial charge on any atom is 0.245 e. The van der Waals surface area contributed by atoms with Crippen molar-refractivity contribution < 1.29 is 9.59 Å². The lowest BCUT2D eigenvalue weighted by molar-refractivity contribution is -0.138. The van der Waals surface area contributed by atoms with Gasteiger partial charge in [0.25, 0.3) is 0 Å². The van der Waals surface area contributed by atoms with E-state index in [0.717, 1.165) is 45.3 Å². The second kappa shape index (κ2) is 21.6. The molecular formula is C41H77N5O2. The molecule has 0 radical (unpaired) electrons. The Kier molecular flexibility index (Phi) is 18.4. The van der Waals surface area contributed by atoms with Crippen LogP contribution in [0.25, 0.3) is 0 Å². The fourth-order valence-electron chi connectivity index (χ4n) is 8.23. The molecular weight excluding hydrogens is 594 g/mol. The summed E-state index contributed by atoms with van der Waals surface area (Å²) in [5, 5.41) is 3.09. The predicted octanol–water partition coefficient (Wildman–Crippen LogP) is 8.42. The maximum absolute atomic E-state index is 13.0. The molecule has 48 heavy (non-hydrogen) atoms. The van der Waals surface area contributed by atoms with Crippen molar-refractivity contribution in [2.75, 3.05) is 52.4 Å². The lowest BCUT2D eigenvalue weighted by Crippen LogP contribution is -2.54. The monoisotopic (exact) mass is 672 g/mol. The van der Waals surface area contributed by atoms with Crippen molar-refractivity contribution in [1.29, 1.82) is 0 Å². The summed E-state index contributed by atoms with van der Waals surface area (Å²) in [5.74, 6) is 0.120. The Bertz CT molecular complexity index is 954. The van der Waals surface area contributed by atoms with Crippen molar-refractivity contribution in [2.45, 2.75) is 175 Å². The summed E-state index contributed by atoms with van der Waals surface area (Å²) >= 11 is 0. The third kappa shape index (κ3) is 14.3. The van der Waals surface area contributed by atoms with E-state index in [-0.39, 0.29) is 17.2 Å². The summed E-state index contributed by atoms with van der Waals surface area (Å²) in [5.41, 5.74) is 9.92. The highest BCUT2D eigenvalue weighted by Crippen LogP contribution is 2.38. The minimum atomic E-state index is -0.433. The van der Waals surface area contributed by atoms with Crippen molar-refractivity contribution in [3.63, 3.8) is 0 Å². The number of hydrogen-bond acceptors (Lipinski definition) is 5. The highest BCUT2D eigenvalue weighted by Gasteiger charge is 2.36. The van der Waals surface area contributed by atoms with Crippen LogP contribution in [0.15, 0.2) is 11.3 Å². The molecule has 1 unspecified atom stereocenters. The maximum atomic E-state index is 13.0. The highest BCUT2D eigenvalue weighted by molar-refractivity contribution is 5.88. The van der Waals surface area contributed by atoms with E-state index in [2.05, 4.69) is 29.0 Å². The molecule has 3 rings (SSSR count). The molecule has 0 spiro atoms. The predicted molar refractivity (Wildman–Crippen MR) is 203 cm³/mol. The number of nitrogens with one attached hydrogen (secondary N) is 1. The van der Waals surface area contributed by atoms with Crippen molar-refractivity contribution in [3.8, 4) is 0 Å². The van der Waals surface area contributed by atoms with E-state index in [1.165, 1.54) is 135 Å². The molecule has 278 valence electrons. The molecule has 2 heterocycles. The van der Waals surface area contributed by atoms with E-state index >= 15 is 0 Å². The first-order valence-electron chi connectivity index (χ1n) is 20.6. The average molecular weight is 672 g/mol. The van der Waals surface area contributed by atoms with Crippen LogP contribution in [0.2, 0.25) is 0 Å². The number of nitrogens with two attached hydrogens (primary N) is 1.